The van der Waals surface area contributed by atoms with Gasteiger partial charge < -0.3 is 9.84 Å². The molecule has 1 saturated carbocycles. The number of ether oxygens (including phenoxy) is 1. The van der Waals surface area contributed by atoms with Gasteiger partial charge in [0.05, 0.1) is 19.3 Å². The van der Waals surface area contributed by atoms with Gasteiger partial charge in [-0.3, -0.25) is 0 Å². The molecule has 3 atom stereocenters. The van der Waals surface area contributed by atoms with Gasteiger partial charge in [-0.1, -0.05) is 37.3 Å². The minimum atomic E-state index is -0.120. The van der Waals surface area contributed by atoms with Crippen LogP contribution in [-0.2, 0) is 11.3 Å². The maximum Gasteiger partial charge on any atom is 0.0717 e. The van der Waals surface area contributed by atoms with Crippen molar-refractivity contribution in [2.24, 2.45) is 11.8 Å². The van der Waals surface area contributed by atoms with Crippen molar-refractivity contribution in [2.75, 3.05) is 6.61 Å². The molecule has 1 aliphatic carbocycles. The van der Waals surface area contributed by atoms with Crippen molar-refractivity contribution in [3.63, 3.8) is 0 Å². The van der Waals surface area contributed by atoms with Crippen LogP contribution in [0.2, 0.25) is 0 Å². The summed E-state index contributed by atoms with van der Waals surface area (Å²) >= 11 is 0. The van der Waals surface area contributed by atoms with Gasteiger partial charge in [0.25, 0.3) is 0 Å². The zero-order chi connectivity index (χ0) is 11.4. The molecular weight excluding hydrogens is 200 g/mol. The molecular formula is C14H20O2. The molecule has 16 heavy (non-hydrogen) atoms. The van der Waals surface area contributed by atoms with E-state index < -0.39 is 0 Å². The van der Waals surface area contributed by atoms with Gasteiger partial charge >= 0.3 is 0 Å². The van der Waals surface area contributed by atoms with Gasteiger partial charge in [-0.2, -0.15) is 0 Å². The van der Waals surface area contributed by atoms with E-state index in [9.17, 15) is 5.11 Å². The first-order chi connectivity index (χ1) is 7.81. The molecule has 0 radical (unpaired) electrons. The van der Waals surface area contributed by atoms with Gasteiger partial charge in [0.15, 0.2) is 0 Å². The van der Waals surface area contributed by atoms with Crippen LogP contribution in [0, 0.1) is 11.8 Å². The molecule has 1 N–H and O–H groups in total. The molecule has 88 valence electrons. The van der Waals surface area contributed by atoms with E-state index in [-0.39, 0.29) is 6.10 Å². The number of aliphatic hydroxyl groups excluding tert-OH is 1. The topological polar surface area (TPSA) is 29.5 Å². The van der Waals surface area contributed by atoms with E-state index in [2.05, 4.69) is 12.1 Å². The van der Waals surface area contributed by atoms with Crippen LogP contribution in [0.15, 0.2) is 30.3 Å². The van der Waals surface area contributed by atoms with E-state index in [1.807, 2.05) is 25.1 Å². The van der Waals surface area contributed by atoms with Crippen molar-refractivity contribution >= 4 is 0 Å². The second-order valence-electron chi connectivity index (χ2n) is 4.64. The lowest BCUT2D eigenvalue weighted by molar-refractivity contribution is 0.0890. The minimum Gasteiger partial charge on any atom is -0.393 e. The molecule has 1 fully saturated rings. The minimum absolute atomic E-state index is 0.120. The Labute approximate surface area is 97.3 Å². The van der Waals surface area contributed by atoms with Crippen molar-refractivity contribution in [2.45, 2.75) is 32.5 Å². The Hall–Kier alpha value is -0.860. The van der Waals surface area contributed by atoms with Crippen LogP contribution in [0.1, 0.15) is 25.3 Å². The van der Waals surface area contributed by atoms with E-state index in [0.717, 1.165) is 19.4 Å². The van der Waals surface area contributed by atoms with E-state index in [1.165, 1.54) is 5.56 Å². The maximum absolute atomic E-state index is 9.63. The van der Waals surface area contributed by atoms with Crippen LogP contribution in [-0.4, -0.2) is 17.8 Å². The molecule has 2 heteroatoms. The highest BCUT2D eigenvalue weighted by molar-refractivity contribution is 5.13. The molecule has 1 aromatic rings. The van der Waals surface area contributed by atoms with Crippen LogP contribution >= 0.6 is 0 Å². The number of aliphatic hydroxyl groups is 1. The van der Waals surface area contributed by atoms with Crippen LogP contribution in [0.25, 0.3) is 0 Å². The summed E-state index contributed by atoms with van der Waals surface area (Å²) < 4.78 is 5.66. The third kappa shape index (κ3) is 3.06. The van der Waals surface area contributed by atoms with Gasteiger partial charge in [-0.05, 0) is 30.2 Å². The zero-order valence-corrected chi connectivity index (χ0v) is 9.80. The number of rotatable bonds is 6. The summed E-state index contributed by atoms with van der Waals surface area (Å²) in [6, 6.07) is 10.2. The molecule has 0 bridgehead atoms. The Morgan fingerprint density at radius 1 is 1.38 bits per heavy atom. The monoisotopic (exact) mass is 220 g/mol. The average molecular weight is 220 g/mol. The fourth-order valence-corrected chi connectivity index (χ4v) is 2.14. The van der Waals surface area contributed by atoms with Crippen molar-refractivity contribution in [1.29, 1.82) is 0 Å². The first kappa shape index (κ1) is 11.6. The van der Waals surface area contributed by atoms with E-state index in [0.29, 0.717) is 18.4 Å². The van der Waals surface area contributed by atoms with E-state index in [1.54, 1.807) is 0 Å². The van der Waals surface area contributed by atoms with Gasteiger partial charge in [0.1, 0.15) is 0 Å². The summed E-state index contributed by atoms with van der Waals surface area (Å²) in [4.78, 5) is 0. The summed E-state index contributed by atoms with van der Waals surface area (Å²) in [5.41, 5.74) is 1.22. The predicted molar refractivity (Wildman–Crippen MR) is 64.0 cm³/mol. The molecule has 0 aliphatic heterocycles. The molecule has 0 saturated heterocycles. The fourth-order valence-electron chi connectivity index (χ4n) is 2.14. The van der Waals surface area contributed by atoms with Crippen LogP contribution in [0.3, 0.4) is 0 Å². The summed E-state index contributed by atoms with van der Waals surface area (Å²) in [6.45, 7) is 3.51. The third-order valence-corrected chi connectivity index (χ3v) is 3.33. The third-order valence-electron chi connectivity index (χ3n) is 3.33. The number of hydrogen-bond acceptors (Lipinski definition) is 2. The molecule has 0 spiro atoms. The summed E-state index contributed by atoms with van der Waals surface area (Å²) in [6.07, 6.45) is 1.87. The first-order valence-electron chi connectivity index (χ1n) is 6.11. The number of hydrogen-bond donors (Lipinski definition) is 1. The summed E-state index contributed by atoms with van der Waals surface area (Å²) in [7, 11) is 0. The van der Waals surface area contributed by atoms with E-state index >= 15 is 0 Å². The van der Waals surface area contributed by atoms with Gasteiger partial charge in [-0.15, -0.1) is 0 Å². The molecule has 2 rings (SSSR count). The highest BCUT2D eigenvalue weighted by Gasteiger charge is 2.41. The Kier molecular flexibility index (Phi) is 3.97. The lowest BCUT2D eigenvalue weighted by Gasteiger charge is -2.07. The van der Waals surface area contributed by atoms with Gasteiger partial charge in [0, 0.05) is 0 Å². The van der Waals surface area contributed by atoms with Crippen molar-refractivity contribution in [3.8, 4) is 0 Å². The smallest absolute Gasteiger partial charge is 0.0717 e. The van der Waals surface area contributed by atoms with Crippen molar-refractivity contribution in [1.82, 2.24) is 0 Å². The normalized spacial score (nSPS) is 25.4. The second-order valence-corrected chi connectivity index (χ2v) is 4.64. The predicted octanol–water partition coefficient (Wildman–Crippen LogP) is 2.61. The Balaban J connectivity index is 1.64. The zero-order valence-electron chi connectivity index (χ0n) is 9.80. The van der Waals surface area contributed by atoms with Gasteiger partial charge in [-0.25, -0.2) is 0 Å². The average Bonchev–Trinajstić information content (AvgIpc) is 3.09. The van der Waals surface area contributed by atoms with Crippen molar-refractivity contribution in [3.05, 3.63) is 35.9 Å². The van der Waals surface area contributed by atoms with Crippen LogP contribution < -0.4 is 0 Å². The lowest BCUT2D eigenvalue weighted by atomic mass is 10.1. The maximum atomic E-state index is 9.63. The molecule has 0 heterocycles. The number of benzene rings is 1. The van der Waals surface area contributed by atoms with Crippen LogP contribution in [0.5, 0.6) is 0 Å². The molecule has 0 aromatic heterocycles. The Morgan fingerprint density at radius 2 is 2.12 bits per heavy atom. The highest BCUT2D eigenvalue weighted by Crippen LogP contribution is 2.42. The SMILES string of the molecule is CC[C@@H](O)[C@H]1C[C@H]1COCc1ccccc1. The fraction of sp³-hybridized carbons (Fsp3) is 0.571. The summed E-state index contributed by atoms with van der Waals surface area (Å²) in [5.74, 6) is 1.07. The van der Waals surface area contributed by atoms with Crippen molar-refractivity contribution < 1.29 is 9.84 Å². The highest BCUT2D eigenvalue weighted by atomic mass is 16.5. The molecule has 0 amide bonds. The molecule has 0 unspecified atom stereocenters. The largest absolute Gasteiger partial charge is 0.393 e. The standard InChI is InChI=1S/C14H20O2/c1-2-14(15)13-8-12(13)10-16-9-11-6-4-3-5-7-11/h3-7,12-15H,2,8-10H2,1H3/t12-,13-,14+/m0/s1. The lowest BCUT2D eigenvalue weighted by Crippen LogP contribution is -2.10. The first-order valence-corrected chi connectivity index (χ1v) is 6.11. The van der Waals surface area contributed by atoms with E-state index in [4.69, 9.17) is 4.74 Å². The van der Waals surface area contributed by atoms with Crippen LogP contribution in [0.4, 0.5) is 0 Å². The Bertz CT molecular complexity index is 310. The summed E-state index contributed by atoms with van der Waals surface area (Å²) in [5, 5.41) is 9.63. The molecule has 1 aliphatic rings. The van der Waals surface area contributed by atoms with Gasteiger partial charge in [0.2, 0.25) is 0 Å². The quantitative estimate of drug-likeness (QED) is 0.798. The Morgan fingerprint density at radius 3 is 2.81 bits per heavy atom. The second kappa shape index (κ2) is 5.46. The molecule has 2 nitrogen and oxygen atoms in total. The molecule has 1 aromatic carbocycles.